The quantitative estimate of drug-likeness (QED) is 0.482. The van der Waals surface area contributed by atoms with E-state index in [0.29, 0.717) is 24.9 Å². The lowest BCUT2D eigenvalue weighted by Gasteiger charge is -2.34. The number of unbranched alkanes of at least 4 members (excludes halogenated alkanes) is 4. The molecular formula is C19H31N6O2+. The molecule has 3 amide bonds. The van der Waals surface area contributed by atoms with E-state index >= 15 is 0 Å². The predicted molar refractivity (Wildman–Crippen MR) is 105 cm³/mol. The van der Waals surface area contributed by atoms with Crippen LogP contribution in [0.4, 0.5) is 4.79 Å². The number of imide groups is 1. The van der Waals surface area contributed by atoms with E-state index in [9.17, 15) is 9.59 Å². The average molecular weight is 375 g/mol. The van der Waals surface area contributed by atoms with E-state index in [-0.39, 0.29) is 11.9 Å². The Morgan fingerprint density at radius 2 is 1.74 bits per heavy atom. The number of carbonyl (C=O) groups excluding carboxylic acids is 2. The topological polar surface area (TPSA) is 71.6 Å². The van der Waals surface area contributed by atoms with Gasteiger partial charge in [0.2, 0.25) is 11.9 Å². The molecule has 3 aliphatic rings. The van der Waals surface area contributed by atoms with Gasteiger partial charge in [-0.1, -0.05) is 44.5 Å². The second-order valence-corrected chi connectivity index (χ2v) is 7.50. The molecule has 1 atom stereocenters. The zero-order chi connectivity index (χ0) is 19.6. The number of guanidine groups is 1. The molecular weight excluding hydrogens is 344 g/mol. The van der Waals surface area contributed by atoms with Crippen molar-refractivity contribution in [1.29, 1.82) is 0 Å². The molecule has 3 aliphatic heterocycles. The Labute approximate surface area is 161 Å². The van der Waals surface area contributed by atoms with Gasteiger partial charge in [-0.2, -0.15) is 0 Å². The Balaban J connectivity index is 1.86. The summed E-state index contributed by atoms with van der Waals surface area (Å²) in [6.07, 6.45) is 6.17. The molecule has 0 aromatic heterocycles. The zero-order valence-corrected chi connectivity index (χ0v) is 16.9. The molecule has 8 nitrogen and oxygen atoms in total. The van der Waals surface area contributed by atoms with Crippen molar-refractivity contribution >= 4 is 29.4 Å². The molecule has 0 bridgehead atoms. The van der Waals surface area contributed by atoms with Crippen LogP contribution in [-0.2, 0) is 4.79 Å². The van der Waals surface area contributed by atoms with Crippen LogP contribution >= 0.6 is 0 Å². The summed E-state index contributed by atoms with van der Waals surface area (Å²) < 4.78 is 2.00. The van der Waals surface area contributed by atoms with Crippen LogP contribution in [0.2, 0.25) is 0 Å². The molecule has 1 unspecified atom stereocenters. The van der Waals surface area contributed by atoms with Crippen molar-refractivity contribution in [3.8, 4) is 0 Å². The molecule has 0 saturated carbocycles. The highest BCUT2D eigenvalue weighted by atomic mass is 16.2. The maximum atomic E-state index is 13.2. The summed E-state index contributed by atoms with van der Waals surface area (Å²) in [5, 5.41) is 6.53. The number of hydrogen-bond donors (Lipinski definition) is 0. The number of hydrazone groups is 1. The van der Waals surface area contributed by atoms with Crippen molar-refractivity contribution in [3.05, 3.63) is 0 Å². The third-order valence-corrected chi connectivity index (χ3v) is 5.27. The van der Waals surface area contributed by atoms with Crippen molar-refractivity contribution < 1.29 is 14.2 Å². The minimum atomic E-state index is -0.525. The second-order valence-electron chi connectivity index (χ2n) is 7.50. The summed E-state index contributed by atoms with van der Waals surface area (Å²) in [7, 11) is 1.71. The van der Waals surface area contributed by atoms with E-state index in [4.69, 9.17) is 0 Å². The van der Waals surface area contributed by atoms with Crippen LogP contribution in [0.3, 0.4) is 0 Å². The summed E-state index contributed by atoms with van der Waals surface area (Å²) in [6, 6.07) is -0.801. The molecule has 0 radical (unpaired) electrons. The maximum absolute atomic E-state index is 13.2. The molecule has 3 heterocycles. The fraction of sp³-hybridized carbons (Fsp3) is 0.737. The van der Waals surface area contributed by atoms with Crippen LogP contribution in [0.1, 0.15) is 59.3 Å². The number of nitrogens with zero attached hydrogens (tertiary/aromatic N) is 6. The van der Waals surface area contributed by atoms with Crippen LogP contribution in [-0.4, -0.2) is 81.6 Å². The molecule has 0 aromatic rings. The number of fused-ring (bicyclic) bond motifs is 2. The second kappa shape index (κ2) is 8.19. The summed E-state index contributed by atoms with van der Waals surface area (Å²) in [4.78, 5) is 33.5. The number of likely N-dealkylation sites (N-methyl/N-ethyl adjacent to an activating group) is 1. The largest absolute Gasteiger partial charge is 0.416 e. The Bertz CT molecular complexity index is 711. The standard InChI is InChI=1S/C19H31N6O2/c1-5-7-9-11-23-17(26)15-16(22(4)19(23)27)20-18-24(15)13-14(3)21-25(18)12-10-8-6-2/h15H,5-13H2,1-4H3/q+1. The summed E-state index contributed by atoms with van der Waals surface area (Å²) in [5.74, 6) is 1.06. The van der Waals surface area contributed by atoms with E-state index in [0.717, 1.165) is 50.8 Å². The Morgan fingerprint density at radius 3 is 2.41 bits per heavy atom. The van der Waals surface area contributed by atoms with Gasteiger partial charge in [0.15, 0.2) is 0 Å². The molecule has 27 heavy (non-hydrogen) atoms. The van der Waals surface area contributed by atoms with Gasteiger partial charge in [0, 0.05) is 13.6 Å². The normalized spacial score (nSPS) is 22.2. The Kier molecular flexibility index (Phi) is 5.92. The van der Waals surface area contributed by atoms with Gasteiger partial charge in [0.05, 0.1) is 12.3 Å². The monoisotopic (exact) mass is 375 g/mol. The lowest BCUT2D eigenvalue weighted by molar-refractivity contribution is -0.527. The predicted octanol–water partition coefficient (Wildman–Crippen LogP) is 2.10. The van der Waals surface area contributed by atoms with E-state index < -0.39 is 6.04 Å². The number of urea groups is 1. The third kappa shape index (κ3) is 3.61. The number of amides is 3. The molecule has 0 spiro atoms. The Hall–Kier alpha value is -2.25. The van der Waals surface area contributed by atoms with E-state index in [2.05, 4.69) is 23.9 Å². The van der Waals surface area contributed by atoms with Crippen LogP contribution < -0.4 is 0 Å². The van der Waals surface area contributed by atoms with E-state index in [1.165, 1.54) is 9.80 Å². The molecule has 148 valence electrons. The molecule has 0 aliphatic carbocycles. The maximum Gasteiger partial charge on any atom is 0.416 e. The first-order valence-electron chi connectivity index (χ1n) is 10.1. The molecule has 8 heteroatoms. The zero-order valence-electron chi connectivity index (χ0n) is 16.9. The van der Waals surface area contributed by atoms with Gasteiger partial charge in [-0.25, -0.2) is 9.37 Å². The smallest absolute Gasteiger partial charge is 0.270 e. The highest BCUT2D eigenvalue weighted by Gasteiger charge is 2.54. The lowest BCUT2D eigenvalue weighted by Crippen LogP contribution is -2.63. The van der Waals surface area contributed by atoms with Crippen molar-refractivity contribution in [2.24, 2.45) is 10.1 Å². The minimum absolute atomic E-state index is 0.161. The van der Waals surface area contributed by atoms with Crippen molar-refractivity contribution in [3.63, 3.8) is 0 Å². The number of carbonyl (C=O) groups is 2. The highest BCUT2D eigenvalue weighted by Crippen LogP contribution is 2.23. The van der Waals surface area contributed by atoms with E-state index in [1.807, 2.05) is 16.5 Å². The molecule has 1 fully saturated rings. The van der Waals surface area contributed by atoms with Gasteiger partial charge in [-0.15, -0.1) is 10.1 Å². The molecule has 1 saturated heterocycles. The van der Waals surface area contributed by atoms with Gasteiger partial charge in [0.25, 0.3) is 5.91 Å². The minimum Gasteiger partial charge on any atom is -0.270 e. The summed E-state index contributed by atoms with van der Waals surface area (Å²) >= 11 is 0. The van der Waals surface area contributed by atoms with Crippen molar-refractivity contribution in [2.45, 2.75) is 65.3 Å². The van der Waals surface area contributed by atoms with Crippen molar-refractivity contribution in [2.75, 3.05) is 26.7 Å². The molecule has 0 N–H and O–H groups in total. The fourth-order valence-corrected chi connectivity index (χ4v) is 3.79. The number of hydrogen-bond acceptors (Lipinski definition) is 5. The SMILES string of the molecule is CCCCCN1N=C(C)C[N+]2=C1N=C1C2C(=O)N(CCCCC)C(=O)N1C. The first-order valence-corrected chi connectivity index (χ1v) is 10.1. The number of aliphatic imine (C=N–C) groups is 1. The van der Waals surface area contributed by atoms with E-state index in [1.54, 1.807) is 7.05 Å². The van der Waals surface area contributed by atoms with Crippen LogP contribution in [0.5, 0.6) is 0 Å². The molecule has 3 rings (SSSR count). The first-order chi connectivity index (χ1) is 13.0. The number of amidine groups is 1. The van der Waals surface area contributed by atoms with Gasteiger partial charge < -0.3 is 0 Å². The van der Waals surface area contributed by atoms with Gasteiger partial charge in [-0.3, -0.25) is 14.6 Å². The summed E-state index contributed by atoms with van der Waals surface area (Å²) in [5.41, 5.74) is 0.955. The van der Waals surface area contributed by atoms with Crippen LogP contribution in [0.15, 0.2) is 10.1 Å². The Morgan fingerprint density at radius 1 is 1.07 bits per heavy atom. The van der Waals surface area contributed by atoms with Crippen LogP contribution in [0, 0.1) is 0 Å². The van der Waals surface area contributed by atoms with Crippen LogP contribution in [0.25, 0.3) is 0 Å². The lowest BCUT2D eigenvalue weighted by atomic mass is 10.1. The average Bonchev–Trinajstić information content (AvgIpc) is 3.02. The van der Waals surface area contributed by atoms with Gasteiger partial charge >= 0.3 is 12.0 Å². The summed E-state index contributed by atoms with van der Waals surface area (Å²) in [6.45, 7) is 8.05. The number of rotatable bonds is 8. The highest BCUT2D eigenvalue weighted by molar-refractivity contribution is 6.23. The van der Waals surface area contributed by atoms with Crippen molar-refractivity contribution in [1.82, 2.24) is 14.8 Å². The fourth-order valence-electron chi connectivity index (χ4n) is 3.79. The van der Waals surface area contributed by atoms with Gasteiger partial charge in [-0.05, 0) is 19.8 Å². The third-order valence-electron chi connectivity index (χ3n) is 5.27. The molecule has 0 aromatic carbocycles. The first kappa shape index (κ1) is 19.5. The van der Waals surface area contributed by atoms with Gasteiger partial charge in [0.1, 0.15) is 6.54 Å².